The van der Waals surface area contributed by atoms with Crippen LogP contribution in [0.3, 0.4) is 0 Å². The van der Waals surface area contributed by atoms with Gasteiger partial charge in [0.1, 0.15) is 11.0 Å². The number of hydrogen-bond acceptors (Lipinski definition) is 4. The van der Waals surface area contributed by atoms with Crippen molar-refractivity contribution >= 4 is 17.3 Å². The summed E-state index contributed by atoms with van der Waals surface area (Å²) in [5, 5.41) is 12.7. The maximum atomic E-state index is 11.7. The Morgan fingerprint density at radius 3 is 2.71 bits per heavy atom. The molecule has 0 aliphatic carbocycles. The van der Waals surface area contributed by atoms with Gasteiger partial charge in [0.2, 0.25) is 0 Å². The van der Waals surface area contributed by atoms with Crippen molar-refractivity contribution in [2.75, 3.05) is 6.54 Å². The molecule has 1 aliphatic rings. The Hall–Kier alpha value is -0.940. The average molecular weight is 310 g/mol. The Kier molecular flexibility index (Phi) is 4.45. The molecule has 21 heavy (non-hydrogen) atoms. The van der Waals surface area contributed by atoms with Crippen LogP contribution in [0.5, 0.6) is 0 Å². The number of carbonyl (C=O) groups is 1. The molecular formula is C16H26N2O2S. The van der Waals surface area contributed by atoms with Crippen LogP contribution in [0.2, 0.25) is 0 Å². The van der Waals surface area contributed by atoms with Gasteiger partial charge in [-0.2, -0.15) is 0 Å². The molecule has 4 nitrogen and oxygen atoms in total. The van der Waals surface area contributed by atoms with Gasteiger partial charge < -0.3 is 5.11 Å². The molecule has 1 atom stereocenters. The first-order valence-corrected chi connectivity index (χ1v) is 8.41. The lowest BCUT2D eigenvalue weighted by molar-refractivity contribution is -0.151. The molecule has 0 saturated carbocycles. The smallest absolute Gasteiger partial charge is 0.321 e. The predicted octanol–water partition coefficient (Wildman–Crippen LogP) is 3.52. The van der Waals surface area contributed by atoms with E-state index in [1.165, 1.54) is 0 Å². The van der Waals surface area contributed by atoms with Gasteiger partial charge in [-0.3, -0.25) is 9.69 Å². The Labute approximate surface area is 131 Å². The highest BCUT2D eigenvalue weighted by molar-refractivity contribution is 7.09. The van der Waals surface area contributed by atoms with Gasteiger partial charge in [0.05, 0.1) is 12.2 Å². The summed E-state index contributed by atoms with van der Waals surface area (Å²) >= 11 is 1.64. The second-order valence-corrected chi connectivity index (χ2v) is 8.62. The van der Waals surface area contributed by atoms with Gasteiger partial charge in [-0.05, 0) is 24.8 Å². The maximum Gasteiger partial charge on any atom is 0.321 e. The monoisotopic (exact) mass is 310 g/mol. The number of aromatic nitrogens is 1. The molecule has 1 aromatic rings. The van der Waals surface area contributed by atoms with Gasteiger partial charge in [-0.1, -0.05) is 34.6 Å². The summed E-state index contributed by atoms with van der Waals surface area (Å²) in [7, 11) is 0. The lowest BCUT2D eigenvalue weighted by Crippen LogP contribution is -2.53. The summed E-state index contributed by atoms with van der Waals surface area (Å²) in [6.45, 7) is 12.0. The average Bonchev–Trinajstić information content (AvgIpc) is 2.75. The molecule has 1 fully saturated rings. The van der Waals surface area contributed by atoms with Crippen LogP contribution in [-0.4, -0.2) is 33.5 Å². The summed E-state index contributed by atoms with van der Waals surface area (Å²) in [6.07, 6.45) is 2.01. The number of carboxylic acids is 1. The molecule has 0 bridgehead atoms. The minimum atomic E-state index is -0.715. The topological polar surface area (TPSA) is 53.4 Å². The number of thiazole rings is 1. The molecule has 1 aliphatic heterocycles. The quantitative estimate of drug-likeness (QED) is 0.928. The van der Waals surface area contributed by atoms with Crippen LogP contribution in [0, 0.1) is 5.41 Å². The number of nitrogens with zero attached hydrogens (tertiary/aromatic N) is 2. The van der Waals surface area contributed by atoms with E-state index in [0.717, 1.165) is 30.1 Å². The van der Waals surface area contributed by atoms with Crippen LogP contribution in [0.15, 0.2) is 5.38 Å². The zero-order valence-electron chi connectivity index (χ0n) is 13.6. The van der Waals surface area contributed by atoms with Gasteiger partial charge in [0.25, 0.3) is 0 Å². The number of carboxylic acid groups (broad SMARTS) is 1. The minimum Gasteiger partial charge on any atom is -0.480 e. The third-order valence-electron chi connectivity index (χ3n) is 4.26. The number of piperidine rings is 1. The summed E-state index contributed by atoms with van der Waals surface area (Å²) in [5.74, 6) is -0.715. The third-order valence-corrected chi connectivity index (χ3v) is 5.10. The molecule has 1 saturated heterocycles. The fraction of sp³-hybridized carbons (Fsp3) is 0.750. The summed E-state index contributed by atoms with van der Waals surface area (Å²) < 4.78 is 0. The maximum absolute atomic E-state index is 11.7. The van der Waals surface area contributed by atoms with E-state index in [2.05, 4.69) is 44.9 Å². The third kappa shape index (κ3) is 3.64. The zero-order valence-corrected chi connectivity index (χ0v) is 14.5. The summed E-state index contributed by atoms with van der Waals surface area (Å²) in [6, 6.07) is -0.423. The van der Waals surface area contributed by atoms with E-state index in [0.29, 0.717) is 6.54 Å². The molecule has 0 amide bonds. The van der Waals surface area contributed by atoms with Crippen LogP contribution in [-0.2, 0) is 16.8 Å². The van der Waals surface area contributed by atoms with Crippen molar-refractivity contribution in [2.24, 2.45) is 5.41 Å². The standard InChI is InChI=1S/C16H26N2O2S/c1-15(2,3)11-10-21-12(17-11)9-18-8-6-7-16(4,5)13(18)14(19)20/h10,13H,6-9H2,1-5H3,(H,19,20). The fourth-order valence-corrected chi connectivity index (χ4v) is 4.11. The minimum absolute atomic E-state index is 0.0438. The number of hydrogen-bond donors (Lipinski definition) is 1. The second-order valence-electron chi connectivity index (χ2n) is 7.68. The molecule has 2 heterocycles. The van der Waals surface area contributed by atoms with Crippen LogP contribution in [0.1, 0.15) is 58.2 Å². The zero-order chi connectivity index (χ0) is 15.8. The summed E-state index contributed by atoms with van der Waals surface area (Å²) in [5.41, 5.74) is 0.946. The van der Waals surface area contributed by atoms with Crippen LogP contribution in [0.25, 0.3) is 0 Å². The molecule has 5 heteroatoms. The molecule has 0 spiro atoms. The van der Waals surface area contributed by atoms with Crippen molar-refractivity contribution in [2.45, 2.75) is 65.5 Å². The largest absolute Gasteiger partial charge is 0.480 e. The van der Waals surface area contributed by atoms with Crippen molar-refractivity contribution in [1.82, 2.24) is 9.88 Å². The van der Waals surface area contributed by atoms with E-state index in [9.17, 15) is 9.90 Å². The predicted molar refractivity (Wildman–Crippen MR) is 85.7 cm³/mol. The van der Waals surface area contributed by atoms with Gasteiger partial charge in [-0.15, -0.1) is 11.3 Å². The molecule has 0 aromatic carbocycles. The SMILES string of the molecule is CC(C)(C)c1csc(CN2CCCC(C)(C)C2C(=O)O)n1. The molecule has 118 valence electrons. The van der Waals surface area contributed by atoms with E-state index < -0.39 is 12.0 Å². The molecule has 1 unspecified atom stereocenters. The van der Waals surface area contributed by atoms with Crippen molar-refractivity contribution in [3.63, 3.8) is 0 Å². The van der Waals surface area contributed by atoms with Gasteiger partial charge in [0, 0.05) is 10.8 Å². The van der Waals surface area contributed by atoms with Crippen molar-refractivity contribution in [3.8, 4) is 0 Å². The van der Waals surface area contributed by atoms with Crippen LogP contribution >= 0.6 is 11.3 Å². The van der Waals surface area contributed by atoms with Crippen molar-refractivity contribution in [3.05, 3.63) is 16.1 Å². The lowest BCUT2D eigenvalue weighted by Gasteiger charge is -2.43. The van der Waals surface area contributed by atoms with E-state index in [1.807, 2.05) is 0 Å². The van der Waals surface area contributed by atoms with E-state index in [-0.39, 0.29) is 10.8 Å². The van der Waals surface area contributed by atoms with Gasteiger partial charge in [0.15, 0.2) is 0 Å². The van der Waals surface area contributed by atoms with Crippen LogP contribution in [0.4, 0.5) is 0 Å². The molecule has 0 radical (unpaired) electrons. The first kappa shape index (κ1) is 16.4. The number of aliphatic carboxylic acids is 1. The normalized spacial score (nSPS) is 23.2. The molecular weight excluding hydrogens is 284 g/mol. The highest BCUT2D eigenvalue weighted by Crippen LogP contribution is 2.36. The lowest BCUT2D eigenvalue weighted by atomic mass is 9.76. The first-order valence-electron chi connectivity index (χ1n) is 7.53. The molecule has 1 N–H and O–H groups in total. The fourth-order valence-electron chi connectivity index (χ4n) is 3.06. The summed E-state index contributed by atoms with van der Waals surface area (Å²) in [4.78, 5) is 18.5. The van der Waals surface area contributed by atoms with E-state index in [1.54, 1.807) is 11.3 Å². The first-order chi connectivity index (χ1) is 9.61. The Morgan fingerprint density at radius 2 is 2.19 bits per heavy atom. The van der Waals surface area contributed by atoms with E-state index >= 15 is 0 Å². The highest BCUT2D eigenvalue weighted by atomic mass is 32.1. The number of likely N-dealkylation sites (tertiary alicyclic amines) is 1. The molecule has 1 aromatic heterocycles. The van der Waals surface area contributed by atoms with E-state index in [4.69, 9.17) is 4.98 Å². The second kappa shape index (κ2) is 5.69. The molecule has 2 rings (SSSR count). The van der Waals surface area contributed by atoms with Gasteiger partial charge >= 0.3 is 5.97 Å². The van der Waals surface area contributed by atoms with Crippen molar-refractivity contribution in [1.29, 1.82) is 0 Å². The van der Waals surface area contributed by atoms with Gasteiger partial charge in [-0.25, -0.2) is 4.98 Å². The Morgan fingerprint density at radius 1 is 1.52 bits per heavy atom. The number of rotatable bonds is 3. The highest BCUT2D eigenvalue weighted by Gasteiger charge is 2.42. The van der Waals surface area contributed by atoms with Crippen LogP contribution < -0.4 is 0 Å². The van der Waals surface area contributed by atoms with Crippen molar-refractivity contribution < 1.29 is 9.90 Å². The Balaban J connectivity index is 2.17. The Bertz CT molecular complexity index is 517.